The number of nitrogens with one attached hydrogen (secondary N) is 1. The second-order valence-electron chi connectivity index (χ2n) is 2.06. The van der Waals surface area contributed by atoms with Crippen molar-refractivity contribution in [3.63, 3.8) is 0 Å². The van der Waals surface area contributed by atoms with Crippen LogP contribution in [0, 0.1) is 0 Å². The average molecular weight is 155 g/mol. The first kappa shape index (κ1) is 7.65. The maximum atomic E-state index is 10.8. The van der Waals surface area contributed by atoms with Gasteiger partial charge in [-0.1, -0.05) is 13.0 Å². The molecule has 1 aromatic rings. The zero-order chi connectivity index (χ0) is 8.27. The van der Waals surface area contributed by atoms with Crippen LogP contribution in [0.4, 0.5) is 0 Å². The molecule has 0 aromatic carbocycles. The smallest absolute Gasteiger partial charge is 0.317 e. The van der Waals surface area contributed by atoms with E-state index in [9.17, 15) is 4.79 Å². The molecule has 60 valence electrons. The van der Waals surface area contributed by atoms with Crippen LogP contribution >= 0.6 is 0 Å². The fraction of sp³-hybridized carbons (Fsp3) is 0.286. The minimum Gasteiger partial charge on any atom is -0.479 e. The van der Waals surface area contributed by atoms with Gasteiger partial charge in [0.2, 0.25) is 0 Å². The van der Waals surface area contributed by atoms with E-state index in [1.165, 1.54) is 6.08 Å². The van der Waals surface area contributed by atoms with E-state index in [2.05, 4.69) is 4.52 Å². The van der Waals surface area contributed by atoms with Crippen LogP contribution in [0.15, 0.2) is 15.4 Å². The van der Waals surface area contributed by atoms with Crippen molar-refractivity contribution in [2.45, 2.75) is 13.3 Å². The molecule has 1 aromatic heterocycles. The van der Waals surface area contributed by atoms with E-state index in [4.69, 9.17) is 5.11 Å². The topological polar surface area (TPSA) is 66.2 Å². The lowest BCUT2D eigenvalue weighted by atomic mass is 10.3. The quantitative estimate of drug-likeness (QED) is 0.671. The second kappa shape index (κ2) is 3.09. The molecule has 0 atom stereocenters. The molecule has 0 bridgehead atoms. The van der Waals surface area contributed by atoms with Crippen LogP contribution in [-0.2, 0) is 0 Å². The van der Waals surface area contributed by atoms with Gasteiger partial charge in [0, 0.05) is 0 Å². The minimum absolute atomic E-state index is 0.173. The molecule has 4 heteroatoms. The molecule has 0 spiro atoms. The van der Waals surface area contributed by atoms with Gasteiger partial charge in [-0.3, -0.25) is 4.79 Å². The Bertz CT molecular complexity index is 308. The number of aromatic hydroxyl groups is 1. The molecule has 4 nitrogen and oxygen atoms in total. The molecule has 0 aliphatic rings. The van der Waals surface area contributed by atoms with E-state index in [0.29, 0.717) is 0 Å². The van der Waals surface area contributed by atoms with Crippen molar-refractivity contribution in [2.75, 3.05) is 0 Å². The molecule has 1 rings (SSSR count). The fourth-order valence-corrected chi connectivity index (χ4v) is 0.684. The molecule has 0 fully saturated rings. The van der Waals surface area contributed by atoms with Crippen LogP contribution in [-0.4, -0.2) is 10.3 Å². The molecule has 11 heavy (non-hydrogen) atoms. The SMILES string of the molecule is CC/C=C/c1c(O)o[nH]c1=O. The Kier molecular flexibility index (Phi) is 2.15. The first-order chi connectivity index (χ1) is 5.25. The summed E-state index contributed by atoms with van der Waals surface area (Å²) in [5.74, 6) is -0.361. The molecule has 1 heterocycles. The minimum atomic E-state index is -0.410. The van der Waals surface area contributed by atoms with Crippen molar-refractivity contribution >= 4 is 6.08 Å². The molecule has 0 amide bonds. The molecule has 0 aliphatic carbocycles. The summed E-state index contributed by atoms with van der Waals surface area (Å²) < 4.78 is 4.36. The monoisotopic (exact) mass is 155 g/mol. The van der Waals surface area contributed by atoms with E-state index in [1.54, 1.807) is 6.08 Å². The molecule has 0 radical (unpaired) electrons. The zero-order valence-corrected chi connectivity index (χ0v) is 6.13. The molecule has 2 N–H and O–H groups in total. The third kappa shape index (κ3) is 1.52. The standard InChI is InChI=1S/C7H9NO3/c1-2-3-4-5-6(9)8-11-7(5)10/h3-4,10H,2H2,1H3,(H,8,9)/b4-3+. The Morgan fingerprint density at radius 1 is 1.73 bits per heavy atom. The van der Waals surface area contributed by atoms with E-state index in [-0.39, 0.29) is 11.5 Å². The first-order valence-electron chi connectivity index (χ1n) is 3.32. The molecule has 0 unspecified atom stereocenters. The average Bonchev–Trinajstić information content (AvgIpc) is 2.29. The second-order valence-corrected chi connectivity index (χ2v) is 2.06. The predicted molar refractivity (Wildman–Crippen MR) is 40.3 cm³/mol. The van der Waals surface area contributed by atoms with Crippen molar-refractivity contribution in [3.8, 4) is 5.95 Å². The number of rotatable bonds is 2. The van der Waals surface area contributed by atoms with Gasteiger partial charge in [0.25, 0.3) is 5.56 Å². The van der Waals surface area contributed by atoms with Crippen LogP contribution in [0.1, 0.15) is 18.9 Å². The van der Waals surface area contributed by atoms with Gasteiger partial charge in [-0.15, -0.1) is 0 Å². The normalized spacial score (nSPS) is 11.0. The van der Waals surface area contributed by atoms with Crippen LogP contribution in [0.2, 0.25) is 0 Å². The lowest BCUT2D eigenvalue weighted by Crippen LogP contribution is -1.99. The van der Waals surface area contributed by atoms with Gasteiger partial charge in [0.15, 0.2) is 0 Å². The molecule has 0 saturated heterocycles. The van der Waals surface area contributed by atoms with Gasteiger partial charge in [-0.25, -0.2) is 0 Å². The van der Waals surface area contributed by atoms with Crippen LogP contribution < -0.4 is 5.56 Å². The Balaban J connectivity index is 3.01. The molecular weight excluding hydrogens is 146 g/mol. The maximum absolute atomic E-state index is 10.8. The summed E-state index contributed by atoms with van der Waals surface area (Å²) in [5.41, 5.74) is -0.237. The van der Waals surface area contributed by atoms with Crippen LogP contribution in [0.5, 0.6) is 5.95 Å². The highest BCUT2D eigenvalue weighted by molar-refractivity contribution is 5.51. The molecular formula is C7H9NO3. The third-order valence-electron chi connectivity index (χ3n) is 1.24. The lowest BCUT2D eigenvalue weighted by molar-refractivity contribution is 0.275. The highest BCUT2D eigenvalue weighted by atomic mass is 16.6. The lowest BCUT2D eigenvalue weighted by Gasteiger charge is -1.81. The van der Waals surface area contributed by atoms with Gasteiger partial charge < -0.3 is 9.63 Å². The zero-order valence-electron chi connectivity index (χ0n) is 6.13. The summed E-state index contributed by atoms with van der Waals surface area (Å²) in [7, 11) is 0. The number of allylic oxidation sites excluding steroid dienone is 1. The van der Waals surface area contributed by atoms with Crippen molar-refractivity contribution in [1.29, 1.82) is 0 Å². The highest BCUT2D eigenvalue weighted by Crippen LogP contribution is 2.11. The Labute approximate surface area is 63.1 Å². The van der Waals surface area contributed by atoms with Crippen molar-refractivity contribution in [2.24, 2.45) is 0 Å². The Morgan fingerprint density at radius 2 is 2.45 bits per heavy atom. The van der Waals surface area contributed by atoms with Crippen molar-refractivity contribution < 1.29 is 9.63 Å². The van der Waals surface area contributed by atoms with Gasteiger partial charge >= 0.3 is 5.95 Å². The number of aromatic amines is 1. The van der Waals surface area contributed by atoms with Crippen LogP contribution in [0.25, 0.3) is 6.08 Å². The summed E-state index contributed by atoms with van der Waals surface area (Å²) in [6, 6.07) is 0. The highest BCUT2D eigenvalue weighted by Gasteiger charge is 2.05. The first-order valence-corrected chi connectivity index (χ1v) is 3.32. The summed E-state index contributed by atoms with van der Waals surface area (Å²) >= 11 is 0. The third-order valence-corrected chi connectivity index (χ3v) is 1.24. The number of aromatic nitrogens is 1. The van der Waals surface area contributed by atoms with Crippen LogP contribution in [0.3, 0.4) is 0 Å². The number of hydrogen-bond donors (Lipinski definition) is 2. The maximum Gasteiger partial charge on any atom is 0.317 e. The summed E-state index contributed by atoms with van der Waals surface area (Å²) in [6.45, 7) is 1.93. The summed E-state index contributed by atoms with van der Waals surface area (Å²) in [4.78, 5) is 10.8. The van der Waals surface area contributed by atoms with E-state index < -0.39 is 5.56 Å². The number of hydrogen-bond acceptors (Lipinski definition) is 3. The molecule has 0 saturated carbocycles. The summed E-state index contributed by atoms with van der Waals surface area (Å²) in [5, 5.41) is 10.9. The summed E-state index contributed by atoms with van der Waals surface area (Å²) in [6.07, 6.45) is 4.10. The van der Waals surface area contributed by atoms with Gasteiger partial charge in [-0.05, 0) is 12.5 Å². The fourth-order valence-electron chi connectivity index (χ4n) is 0.684. The van der Waals surface area contributed by atoms with Crippen molar-refractivity contribution in [3.05, 3.63) is 22.0 Å². The Hall–Kier alpha value is -1.45. The molecule has 0 aliphatic heterocycles. The van der Waals surface area contributed by atoms with Crippen molar-refractivity contribution in [1.82, 2.24) is 5.16 Å². The Morgan fingerprint density at radius 3 is 2.91 bits per heavy atom. The van der Waals surface area contributed by atoms with Gasteiger partial charge in [-0.2, -0.15) is 5.16 Å². The largest absolute Gasteiger partial charge is 0.479 e. The van der Waals surface area contributed by atoms with E-state index >= 15 is 0 Å². The van der Waals surface area contributed by atoms with E-state index in [1.807, 2.05) is 12.1 Å². The predicted octanol–water partition coefficient (Wildman–Crippen LogP) is 1.10. The number of H-pyrrole nitrogens is 1. The van der Waals surface area contributed by atoms with Gasteiger partial charge in [0.05, 0.1) is 0 Å². The van der Waals surface area contributed by atoms with Gasteiger partial charge in [0.1, 0.15) is 5.56 Å². The van der Waals surface area contributed by atoms with E-state index in [0.717, 1.165) is 6.42 Å².